The Bertz CT molecular complexity index is 1050. The Labute approximate surface area is 172 Å². The van der Waals surface area contributed by atoms with Crippen LogP contribution in [0.15, 0.2) is 60.8 Å². The molecule has 29 heavy (non-hydrogen) atoms. The summed E-state index contributed by atoms with van der Waals surface area (Å²) in [5.74, 6) is -0.737. The fourth-order valence-corrected chi connectivity index (χ4v) is 3.51. The molecule has 1 aromatic heterocycles. The first kappa shape index (κ1) is 19.1. The molecule has 0 bridgehead atoms. The van der Waals surface area contributed by atoms with Gasteiger partial charge >= 0.3 is 0 Å². The third-order valence-corrected chi connectivity index (χ3v) is 5.31. The van der Waals surface area contributed by atoms with Crippen LogP contribution in [0, 0.1) is 16.0 Å². The first-order valence-corrected chi connectivity index (χ1v) is 9.60. The third-order valence-electron chi connectivity index (χ3n) is 5.06. The highest BCUT2D eigenvalue weighted by atomic mass is 35.5. The van der Waals surface area contributed by atoms with Crippen molar-refractivity contribution in [3.05, 3.63) is 81.5 Å². The van der Waals surface area contributed by atoms with E-state index < -0.39 is 12.0 Å². The van der Waals surface area contributed by atoms with E-state index in [-0.39, 0.29) is 10.8 Å². The van der Waals surface area contributed by atoms with Gasteiger partial charge in [-0.05, 0) is 24.3 Å². The molecule has 1 aliphatic rings. The van der Waals surface area contributed by atoms with Crippen LogP contribution in [0.25, 0.3) is 16.9 Å². The molecule has 1 aliphatic carbocycles. The topological polar surface area (TPSA) is 81.3 Å². The summed E-state index contributed by atoms with van der Waals surface area (Å²) in [6, 6.07) is 16.3. The second-order valence-corrected chi connectivity index (χ2v) is 7.62. The lowest BCUT2D eigenvalue weighted by atomic mass is 10.1. The maximum atomic E-state index is 12.6. The zero-order valence-corrected chi connectivity index (χ0v) is 16.5. The van der Waals surface area contributed by atoms with Crippen molar-refractivity contribution in [2.75, 3.05) is 7.05 Å². The van der Waals surface area contributed by atoms with Crippen LogP contribution >= 0.6 is 11.6 Å². The quantitative estimate of drug-likeness (QED) is 0.457. The molecule has 2 aromatic carbocycles. The molecule has 0 aliphatic heterocycles. The van der Waals surface area contributed by atoms with Gasteiger partial charge in [-0.3, -0.25) is 14.9 Å². The normalized spacial score (nSPS) is 17.7. The van der Waals surface area contributed by atoms with Crippen molar-refractivity contribution in [1.82, 2.24) is 14.7 Å². The maximum Gasteiger partial charge on any atom is 0.232 e. The zero-order chi connectivity index (χ0) is 20.5. The Kier molecular flexibility index (Phi) is 5.07. The summed E-state index contributed by atoms with van der Waals surface area (Å²) in [5, 5.41) is 16.2. The predicted molar refractivity (Wildman–Crippen MR) is 109 cm³/mol. The SMILES string of the molecule is CN(Cc1cn(-c2ccccc2)nc1-c1ccc(Cl)cc1)C(=O)[C@@H]1C[C@H]1[N+](=O)[O-]. The number of amides is 1. The van der Waals surface area contributed by atoms with E-state index in [1.165, 1.54) is 0 Å². The molecule has 0 radical (unpaired) electrons. The molecule has 148 valence electrons. The number of hydrogen-bond acceptors (Lipinski definition) is 4. The number of hydrogen-bond donors (Lipinski definition) is 0. The standard InChI is InChI=1S/C21H19ClN4O3/c1-24(21(27)18-11-19(18)26(28)29)12-15-13-25(17-5-3-2-4-6-17)23-20(15)14-7-9-16(22)10-8-14/h2-10,13,18-19H,11-12H2,1H3/t18-,19-/m1/s1. The number of benzene rings is 2. The van der Waals surface area contributed by atoms with Crippen LogP contribution in [-0.2, 0) is 11.3 Å². The molecule has 7 nitrogen and oxygen atoms in total. The fraction of sp³-hybridized carbons (Fsp3) is 0.238. The molecule has 4 rings (SSSR count). The summed E-state index contributed by atoms with van der Waals surface area (Å²) in [7, 11) is 1.67. The number of carbonyl (C=O) groups is 1. The Morgan fingerprint density at radius 3 is 2.55 bits per heavy atom. The van der Waals surface area contributed by atoms with Crippen molar-refractivity contribution in [3.63, 3.8) is 0 Å². The van der Waals surface area contributed by atoms with Crippen LogP contribution in [0.5, 0.6) is 0 Å². The van der Waals surface area contributed by atoms with E-state index in [9.17, 15) is 14.9 Å². The van der Waals surface area contributed by atoms with Gasteiger partial charge in [-0.25, -0.2) is 4.68 Å². The highest BCUT2D eigenvalue weighted by molar-refractivity contribution is 6.30. The summed E-state index contributed by atoms with van der Waals surface area (Å²) in [6.45, 7) is 0.310. The van der Waals surface area contributed by atoms with Gasteiger partial charge in [-0.1, -0.05) is 41.9 Å². The molecule has 1 heterocycles. The van der Waals surface area contributed by atoms with Gasteiger partial charge in [0.1, 0.15) is 5.92 Å². The monoisotopic (exact) mass is 410 g/mol. The van der Waals surface area contributed by atoms with Gasteiger partial charge in [0.05, 0.1) is 11.4 Å². The highest BCUT2D eigenvalue weighted by Gasteiger charge is 2.54. The van der Waals surface area contributed by atoms with Gasteiger partial charge in [0.25, 0.3) is 0 Å². The smallest absolute Gasteiger partial charge is 0.232 e. The van der Waals surface area contributed by atoms with E-state index in [1.54, 1.807) is 28.8 Å². The minimum atomic E-state index is -0.757. The molecule has 0 N–H and O–H groups in total. The van der Waals surface area contributed by atoms with Crippen LogP contribution in [0.2, 0.25) is 5.02 Å². The van der Waals surface area contributed by atoms with E-state index in [0.717, 1.165) is 22.5 Å². The van der Waals surface area contributed by atoms with Gasteiger partial charge in [0.2, 0.25) is 11.9 Å². The predicted octanol–water partition coefficient (Wildman–Crippen LogP) is 3.82. The number of nitrogens with zero attached hydrogens (tertiary/aromatic N) is 4. The fourth-order valence-electron chi connectivity index (χ4n) is 3.39. The molecule has 1 fully saturated rings. The van der Waals surface area contributed by atoms with Crippen LogP contribution in [0.1, 0.15) is 12.0 Å². The summed E-state index contributed by atoms with van der Waals surface area (Å²) in [6.07, 6.45) is 2.20. The minimum Gasteiger partial charge on any atom is -0.341 e. The van der Waals surface area contributed by atoms with Crippen LogP contribution in [0.3, 0.4) is 0 Å². The molecule has 3 aromatic rings. The summed E-state index contributed by atoms with van der Waals surface area (Å²) < 4.78 is 1.77. The van der Waals surface area contributed by atoms with Gasteiger partial charge in [-0.2, -0.15) is 5.10 Å². The van der Waals surface area contributed by atoms with Crippen LogP contribution in [-0.4, -0.2) is 38.6 Å². The lowest BCUT2D eigenvalue weighted by Crippen LogP contribution is -2.29. The van der Waals surface area contributed by atoms with E-state index in [2.05, 4.69) is 0 Å². The molecule has 0 unspecified atom stereocenters. The highest BCUT2D eigenvalue weighted by Crippen LogP contribution is 2.35. The molecule has 1 amide bonds. The second-order valence-electron chi connectivity index (χ2n) is 7.18. The van der Waals surface area contributed by atoms with Gasteiger partial charge in [-0.15, -0.1) is 0 Å². The first-order chi connectivity index (χ1) is 13.9. The Hall–Kier alpha value is -3.19. The second kappa shape index (κ2) is 7.67. The largest absolute Gasteiger partial charge is 0.341 e. The Balaban J connectivity index is 1.64. The number of rotatable bonds is 6. The Morgan fingerprint density at radius 2 is 1.93 bits per heavy atom. The lowest BCUT2D eigenvalue weighted by Gasteiger charge is -2.16. The van der Waals surface area contributed by atoms with E-state index in [4.69, 9.17) is 16.7 Å². The average molecular weight is 411 g/mol. The number of nitro groups is 1. The van der Waals surface area contributed by atoms with Crippen molar-refractivity contribution < 1.29 is 9.72 Å². The van der Waals surface area contributed by atoms with Gasteiger partial charge in [0.15, 0.2) is 0 Å². The third kappa shape index (κ3) is 4.00. The number of para-hydroxylation sites is 1. The molecule has 0 spiro atoms. The minimum absolute atomic E-state index is 0.207. The van der Waals surface area contributed by atoms with E-state index in [1.807, 2.05) is 48.7 Å². The zero-order valence-electron chi connectivity index (χ0n) is 15.7. The van der Waals surface area contributed by atoms with Crippen molar-refractivity contribution >= 4 is 17.5 Å². The average Bonchev–Trinajstić information content (AvgIpc) is 3.43. The maximum absolute atomic E-state index is 12.6. The van der Waals surface area contributed by atoms with Gasteiger partial charge < -0.3 is 4.90 Å². The molecule has 2 atom stereocenters. The number of aromatic nitrogens is 2. The van der Waals surface area contributed by atoms with Crippen molar-refractivity contribution in [2.24, 2.45) is 5.92 Å². The molecule has 0 saturated heterocycles. The van der Waals surface area contributed by atoms with Gasteiger partial charge in [0, 0.05) is 47.3 Å². The summed E-state index contributed by atoms with van der Waals surface area (Å²) in [5.41, 5.74) is 3.38. The summed E-state index contributed by atoms with van der Waals surface area (Å²) >= 11 is 6.01. The van der Waals surface area contributed by atoms with E-state index >= 15 is 0 Å². The molecular weight excluding hydrogens is 392 g/mol. The summed E-state index contributed by atoms with van der Waals surface area (Å²) in [4.78, 5) is 24.6. The molecular formula is C21H19ClN4O3. The lowest BCUT2D eigenvalue weighted by molar-refractivity contribution is -0.497. The van der Waals surface area contributed by atoms with Crippen molar-refractivity contribution in [3.8, 4) is 16.9 Å². The van der Waals surface area contributed by atoms with E-state index in [0.29, 0.717) is 18.0 Å². The van der Waals surface area contributed by atoms with Crippen molar-refractivity contribution in [2.45, 2.75) is 19.0 Å². The Morgan fingerprint density at radius 1 is 1.24 bits per heavy atom. The van der Waals surface area contributed by atoms with Crippen molar-refractivity contribution in [1.29, 1.82) is 0 Å². The number of halogens is 1. The molecule has 1 saturated carbocycles. The number of carbonyl (C=O) groups excluding carboxylic acids is 1. The van der Waals surface area contributed by atoms with Crippen LogP contribution < -0.4 is 0 Å². The first-order valence-electron chi connectivity index (χ1n) is 9.22. The molecule has 8 heteroatoms. The van der Waals surface area contributed by atoms with Crippen LogP contribution in [0.4, 0.5) is 0 Å².